The normalized spacial score (nSPS) is 10.9. The number of rotatable bonds is 0. The van der Waals surface area contributed by atoms with Crippen molar-refractivity contribution >= 4 is 34.7 Å². The topological polar surface area (TPSA) is 37.8 Å². The zero-order valence-corrected chi connectivity index (χ0v) is 9.87. The van der Waals surface area contributed by atoms with Gasteiger partial charge in [0.05, 0.1) is 10.9 Å². The summed E-state index contributed by atoms with van der Waals surface area (Å²) in [5.41, 5.74) is 1.46. The molecule has 3 nitrogen and oxygen atoms in total. The summed E-state index contributed by atoms with van der Waals surface area (Å²) in [6, 6.07) is 3.43. The van der Waals surface area contributed by atoms with Crippen molar-refractivity contribution in [1.82, 2.24) is 9.55 Å². The lowest BCUT2D eigenvalue weighted by Crippen LogP contribution is -2.18. The summed E-state index contributed by atoms with van der Waals surface area (Å²) in [6.45, 7) is 1.86. The van der Waals surface area contributed by atoms with Crippen molar-refractivity contribution in [2.45, 2.75) is 6.92 Å². The van der Waals surface area contributed by atoms with Crippen molar-refractivity contribution in [3.05, 3.63) is 37.8 Å². The fourth-order valence-electron chi connectivity index (χ4n) is 1.49. The van der Waals surface area contributed by atoms with Crippen molar-refractivity contribution in [3.8, 4) is 0 Å². The second-order valence-electron chi connectivity index (χ2n) is 3.39. The van der Waals surface area contributed by atoms with Crippen LogP contribution in [0, 0.1) is 11.7 Å². The Kier molecular flexibility index (Phi) is 2.40. The van der Waals surface area contributed by atoms with Gasteiger partial charge in [-0.15, -0.1) is 0 Å². The van der Waals surface area contributed by atoms with E-state index < -0.39 is 0 Å². The van der Waals surface area contributed by atoms with Gasteiger partial charge in [0.15, 0.2) is 4.77 Å². The molecule has 2 rings (SSSR count). The number of H-pyrrole nitrogens is 1. The number of benzene rings is 1. The highest BCUT2D eigenvalue weighted by molar-refractivity contribution is 7.71. The van der Waals surface area contributed by atoms with Crippen LogP contribution in [0.15, 0.2) is 16.9 Å². The van der Waals surface area contributed by atoms with Crippen molar-refractivity contribution in [3.63, 3.8) is 0 Å². The number of nitrogens with one attached hydrogen (secondary N) is 1. The Balaban J connectivity index is 3.13. The molecule has 0 saturated heterocycles. The minimum atomic E-state index is -0.103. The number of fused-ring (bicyclic) bond motifs is 1. The molecule has 78 valence electrons. The number of nitrogens with zero attached hydrogens (tertiary/aromatic N) is 1. The number of aromatic nitrogens is 2. The number of halogens is 1. The highest BCUT2D eigenvalue weighted by atomic mass is 35.5. The Bertz CT molecular complexity index is 657. The molecule has 0 aliphatic carbocycles. The van der Waals surface area contributed by atoms with Crippen molar-refractivity contribution in [2.75, 3.05) is 0 Å². The molecule has 0 atom stereocenters. The zero-order valence-electron chi connectivity index (χ0n) is 8.30. The van der Waals surface area contributed by atoms with Gasteiger partial charge in [0.2, 0.25) is 0 Å². The highest BCUT2D eigenvalue weighted by Gasteiger charge is 2.06. The van der Waals surface area contributed by atoms with E-state index in [4.69, 9.17) is 23.8 Å². The van der Waals surface area contributed by atoms with E-state index in [2.05, 4.69) is 4.98 Å². The summed E-state index contributed by atoms with van der Waals surface area (Å²) in [5, 5.41) is 1.23. The molecular formula is C10H9ClN2OS. The van der Waals surface area contributed by atoms with Crippen LogP contribution in [-0.2, 0) is 7.05 Å². The number of hydrogen-bond acceptors (Lipinski definition) is 2. The minimum Gasteiger partial charge on any atom is -0.331 e. The maximum atomic E-state index is 11.8. The van der Waals surface area contributed by atoms with Gasteiger partial charge in [0, 0.05) is 12.1 Å². The largest absolute Gasteiger partial charge is 0.331 e. The van der Waals surface area contributed by atoms with E-state index in [1.54, 1.807) is 19.2 Å². The van der Waals surface area contributed by atoms with Crippen molar-refractivity contribution < 1.29 is 0 Å². The minimum absolute atomic E-state index is 0.103. The van der Waals surface area contributed by atoms with Crippen molar-refractivity contribution in [1.29, 1.82) is 0 Å². The molecule has 1 aromatic heterocycles. The van der Waals surface area contributed by atoms with Gasteiger partial charge in [-0.1, -0.05) is 11.6 Å². The van der Waals surface area contributed by atoms with Gasteiger partial charge in [-0.3, -0.25) is 9.36 Å². The second kappa shape index (κ2) is 3.47. The van der Waals surface area contributed by atoms with Crippen LogP contribution in [0.2, 0.25) is 5.02 Å². The fraction of sp³-hybridized carbons (Fsp3) is 0.200. The van der Waals surface area contributed by atoms with Gasteiger partial charge < -0.3 is 4.98 Å². The first-order valence-electron chi connectivity index (χ1n) is 4.40. The lowest BCUT2D eigenvalue weighted by molar-refractivity contribution is 0.823. The second-order valence-corrected chi connectivity index (χ2v) is 4.18. The van der Waals surface area contributed by atoms with Crippen LogP contribution < -0.4 is 5.56 Å². The maximum Gasteiger partial charge on any atom is 0.261 e. The molecular weight excluding hydrogens is 232 g/mol. The Labute approximate surface area is 96.3 Å². The van der Waals surface area contributed by atoms with Crippen LogP contribution in [0.1, 0.15) is 5.56 Å². The van der Waals surface area contributed by atoms with Gasteiger partial charge in [0.25, 0.3) is 5.56 Å². The summed E-state index contributed by atoms with van der Waals surface area (Å²) in [4.78, 5) is 14.8. The molecule has 0 aliphatic rings. The molecule has 0 bridgehead atoms. The van der Waals surface area contributed by atoms with E-state index in [1.807, 2.05) is 6.92 Å². The van der Waals surface area contributed by atoms with Crippen LogP contribution in [-0.4, -0.2) is 9.55 Å². The third-order valence-electron chi connectivity index (χ3n) is 2.47. The van der Waals surface area contributed by atoms with Gasteiger partial charge >= 0.3 is 0 Å². The summed E-state index contributed by atoms with van der Waals surface area (Å²) in [6.07, 6.45) is 0. The average Bonchev–Trinajstić information content (AvgIpc) is 2.21. The van der Waals surface area contributed by atoms with Gasteiger partial charge in [-0.2, -0.15) is 0 Å². The molecule has 0 aliphatic heterocycles. The molecule has 0 spiro atoms. The predicted octanol–water partition coefficient (Wildman–Crippen LogP) is 2.56. The molecule has 1 heterocycles. The lowest BCUT2D eigenvalue weighted by atomic mass is 10.1. The lowest BCUT2D eigenvalue weighted by Gasteiger charge is -2.06. The van der Waals surface area contributed by atoms with E-state index in [0.717, 1.165) is 11.1 Å². The Morgan fingerprint density at radius 2 is 2.13 bits per heavy atom. The molecule has 0 fully saturated rings. The van der Waals surface area contributed by atoms with E-state index in [0.29, 0.717) is 15.2 Å². The standard InChI is InChI=1S/C10H9ClN2OS/c1-5-7(11)4-3-6-8(5)12-10(15)13(2)9(6)14/h3-4H,1-2H3,(H,12,15). The molecule has 1 N–H and O–H groups in total. The van der Waals surface area contributed by atoms with Gasteiger partial charge in [-0.05, 0) is 36.8 Å². The van der Waals surface area contributed by atoms with Crippen LogP contribution in [0.3, 0.4) is 0 Å². The van der Waals surface area contributed by atoms with Gasteiger partial charge in [0.1, 0.15) is 0 Å². The quantitative estimate of drug-likeness (QED) is 0.719. The van der Waals surface area contributed by atoms with E-state index in [9.17, 15) is 4.79 Å². The maximum absolute atomic E-state index is 11.8. The number of hydrogen-bond donors (Lipinski definition) is 1. The van der Waals surface area contributed by atoms with E-state index in [1.165, 1.54) is 4.57 Å². The molecule has 0 unspecified atom stereocenters. The van der Waals surface area contributed by atoms with Crippen LogP contribution in [0.5, 0.6) is 0 Å². The molecule has 1 aromatic carbocycles. The Morgan fingerprint density at radius 1 is 1.47 bits per heavy atom. The molecule has 5 heteroatoms. The summed E-state index contributed by atoms with van der Waals surface area (Å²) >= 11 is 11.0. The number of aryl methyl sites for hydroxylation is 1. The third-order valence-corrected chi connectivity index (χ3v) is 3.26. The summed E-state index contributed by atoms with van der Waals surface area (Å²) in [7, 11) is 1.64. The molecule has 2 aromatic rings. The van der Waals surface area contributed by atoms with E-state index >= 15 is 0 Å². The summed E-state index contributed by atoms with van der Waals surface area (Å²) in [5.74, 6) is 0. The third kappa shape index (κ3) is 1.50. The molecule has 15 heavy (non-hydrogen) atoms. The zero-order chi connectivity index (χ0) is 11.2. The Hall–Kier alpha value is -1.13. The monoisotopic (exact) mass is 240 g/mol. The molecule has 0 saturated carbocycles. The van der Waals surface area contributed by atoms with Crippen LogP contribution >= 0.6 is 23.8 Å². The Morgan fingerprint density at radius 3 is 2.80 bits per heavy atom. The number of aromatic amines is 1. The predicted molar refractivity (Wildman–Crippen MR) is 64.1 cm³/mol. The first kappa shape index (κ1) is 10.4. The van der Waals surface area contributed by atoms with E-state index in [-0.39, 0.29) is 5.56 Å². The molecule has 0 radical (unpaired) electrons. The van der Waals surface area contributed by atoms with Crippen molar-refractivity contribution in [2.24, 2.45) is 7.05 Å². The smallest absolute Gasteiger partial charge is 0.261 e. The SMILES string of the molecule is Cc1c(Cl)ccc2c(=O)n(C)c(=S)[nH]c12. The average molecular weight is 241 g/mol. The first-order chi connectivity index (χ1) is 7.02. The van der Waals surface area contributed by atoms with Crippen LogP contribution in [0.25, 0.3) is 10.9 Å². The first-order valence-corrected chi connectivity index (χ1v) is 5.19. The van der Waals surface area contributed by atoms with Gasteiger partial charge in [-0.25, -0.2) is 0 Å². The fourth-order valence-corrected chi connectivity index (χ4v) is 1.83. The van der Waals surface area contributed by atoms with Crippen LogP contribution in [0.4, 0.5) is 0 Å². The molecule has 0 amide bonds. The highest BCUT2D eigenvalue weighted by Crippen LogP contribution is 2.21. The summed E-state index contributed by atoms with van der Waals surface area (Å²) < 4.78 is 1.81.